The first-order valence-corrected chi connectivity index (χ1v) is 7.37. The fourth-order valence-corrected chi connectivity index (χ4v) is 3.43. The summed E-state index contributed by atoms with van der Waals surface area (Å²) in [6, 6.07) is 4.33. The molecule has 0 bridgehead atoms. The first-order valence-electron chi connectivity index (χ1n) is 5.74. The summed E-state index contributed by atoms with van der Waals surface area (Å²) in [7, 11) is 0. The average molecular weight is 263 g/mol. The minimum Gasteiger partial charge on any atom is -0.217 e. The van der Waals surface area contributed by atoms with Crippen LogP contribution in [0.1, 0.15) is 23.7 Å². The van der Waals surface area contributed by atoms with E-state index in [2.05, 4.69) is 36.1 Å². The number of nitrogens with zero attached hydrogens (tertiary/aromatic N) is 3. The van der Waals surface area contributed by atoms with Gasteiger partial charge in [-0.05, 0) is 25.0 Å². The molecule has 3 nitrogen and oxygen atoms in total. The van der Waals surface area contributed by atoms with Gasteiger partial charge in [0.1, 0.15) is 10.7 Å². The monoisotopic (exact) mass is 263 g/mol. The molecule has 0 amide bonds. The van der Waals surface area contributed by atoms with E-state index in [1.54, 1.807) is 11.3 Å². The van der Waals surface area contributed by atoms with Crippen molar-refractivity contribution in [3.05, 3.63) is 28.2 Å². The van der Waals surface area contributed by atoms with Crippen molar-refractivity contribution in [1.29, 1.82) is 0 Å². The third-order valence-corrected chi connectivity index (χ3v) is 4.97. The molecule has 0 radical (unpaired) electrons. The normalized spacial score (nSPS) is 11.4. The maximum absolute atomic E-state index is 4.63. The molecule has 0 atom stereocenters. The zero-order valence-electron chi connectivity index (χ0n) is 9.80. The summed E-state index contributed by atoms with van der Waals surface area (Å²) >= 11 is 3.49. The van der Waals surface area contributed by atoms with E-state index < -0.39 is 0 Å². The van der Waals surface area contributed by atoms with Crippen LogP contribution in [0, 0.1) is 0 Å². The topological polar surface area (TPSA) is 30.2 Å². The van der Waals surface area contributed by atoms with E-state index in [0.717, 1.165) is 28.5 Å². The Kier molecular flexibility index (Phi) is 2.72. The van der Waals surface area contributed by atoms with Crippen LogP contribution >= 0.6 is 22.7 Å². The second kappa shape index (κ2) is 4.23. The second-order valence-electron chi connectivity index (χ2n) is 3.82. The highest BCUT2D eigenvalue weighted by Crippen LogP contribution is 2.29. The molecule has 3 rings (SSSR count). The number of hydrogen-bond donors (Lipinski definition) is 0. The number of aromatic nitrogens is 3. The molecule has 0 saturated heterocycles. The molecule has 3 aromatic rings. The Morgan fingerprint density at radius 3 is 2.71 bits per heavy atom. The van der Waals surface area contributed by atoms with Gasteiger partial charge in [0.25, 0.3) is 0 Å². The van der Waals surface area contributed by atoms with Crippen molar-refractivity contribution in [2.75, 3.05) is 0 Å². The minimum atomic E-state index is 0.975. The van der Waals surface area contributed by atoms with Gasteiger partial charge in [0.2, 0.25) is 4.96 Å². The standard InChI is InChI=1S/C12H13N3S2/c1-3-8-5-6-10(16-8)9-7-15-12(13-9)17-11(4-2)14-15/h5-7H,3-4H2,1-2H3. The van der Waals surface area contributed by atoms with Crippen LogP contribution in [0.2, 0.25) is 0 Å². The highest BCUT2D eigenvalue weighted by Gasteiger charge is 2.10. The fraction of sp³-hybridized carbons (Fsp3) is 0.333. The molecule has 3 aromatic heterocycles. The van der Waals surface area contributed by atoms with Crippen LogP contribution in [-0.2, 0) is 12.8 Å². The summed E-state index contributed by atoms with van der Waals surface area (Å²) < 4.78 is 1.89. The number of fused-ring (bicyclic) bond motifs is 1. The number of aryl methyl sites for hydroxylation is 2. The summed E-state index contributed by atoms with van der Waals surface area (Å²) in [5.74, 6) is 0. The van der Waals surface area contributed by atoms with Gasteiger partial charge in [0.05, 0.1) is 11.1 Å². The molecular weight excluding hydrogens is 250 g/mol. The van der Waals surface area contributed by atoms with Crippen molar-refractivity contribution in [2.45, 2.75) is 26.7 Å². The molecule has 0 unspecified atom stereocenters. The maximum Gasteiger partial charge on any atom is 0.212 e. The Labute approximate surface area is 108 Å². The van der Waals surface area contributed by atoms with Crippen LogP contribution in [0.3, 0.4) is 0 Å². The lowest BCUT2D eigenvalue weighted by molar-refractivity contribution is 0.911. The SMILES string of the molecule is CCc1ccc(-c2cn3nc(CC)sc3n2)s1. The van der Waals surface area contributed by atoms with E-state index in [4.69, 9.17) is 0 Å². The average Bonchev–Trinajstić information content (AvgIpc) is 3.01. The van der Waals surface area contributed by atoms with E-state index in [-0.39, 0.29) is 0 Å². The molecule has 0 N–H and O–H groups in total. The van der Waals surface area contributed by atoms with E-state index in [1.165, 1.54) is 9.75 Å². The van der Waals surface area contributed by atoms with Gasteiger partial charge in [-0.1, -0.05) is 25.2 Å². The summed E-state index contributed by atoms with van der Waals surface area (Å²) in [5.41, 5.74) is 1.04. The Morgan fingerprint density at radius 2 is 2.06 bits per heavy atom. The molecule has 17 heavy (non-hydrogen) atoms. The molecule has 3 heterocycles. The number of thiophene rings is 1. The molecule has 0 saturated carbocycles. The van der Waals surface area contributed by atoms with E-state index >= 15 is 0 Å². The van der Waals surface area contributed by atoms with Gasteiger partial charge < -0.3 is 0 Å². The first-order chi connectivity index (χ1) is 8.30. The summed E-state index contributed by atoms with van der Waals surface area (Å²) in [6.07, 6.45) is 4.09. The second-order valence-corrected chi connectivity index (χ2v) is 6.03. The van der Waals surface area contributed by atoms with Gasteiger partial charge in [-0.25, -0.2) is 9.50 Å². The lowest BCUT2D eigenvalue weighted by Gasteiger charge is -1.88. The third-order valence-electron chi connectivity index (χ3n) is 2.65. The highest BCUT2D eigenvalue weighted by molar-refractivity contribution is 7.17. The molecule has 0 aromatic carbocycles. The van der Waals surface area contributed by atoms with Gasteiger partial charge >= 0.3 is 0 Å². The molecule has 0 spiro atoms. The summed E-state index contributed by atoms with van der Waals surface area (Å²) in [4.78, 5) is 8.25. The number of imidazole rings is 1. The van der Waals surface area contributed by atoms with Gasteiger partial charge in [-0.2, -0.15) is 5.10 Å². The van der Waals surface area contributed by atoms with Gasteiger partial charge in [-0.15, -0.1) is 11.3 Å². The van der Waals surface area contributed by atoms with Crippen molar-refractivity contribution in [3.63, 3.8) is 0 Å². The number of hydrogen-bond acceptors (Lipinski definition) is 4. The lowest BCUT2D eigenvalue weighted by Crippen LogP contribution is -1.82. The molecule has 0 aliphatic rings. The van der Waals surface area contributed by atoms with Crippen molar-refractivity contribution in [2.24, 2.45) is 0 Å². The zero-order chi connectivity index (χ0) is 11.8. The van der Waals surface area contributed by atoms with Gasteiger partial charge in [-0.3, -0.25) is 0 Å². The molecule has 0 aliphatic carbocycles. The molecule has 88 valence electrons. The van der Waals surface area contributed by atoms with Crippen LogP contribution in [0.4, 0.5) is 0 Å². The van der Waals surface area contributed by atoms with Crippen molar-refractivity contribution >= 4 is 27.6 Å². The Hall–Kier alpha value is -1.20. The van der Waals surface area contributed by atoms with Crippen LogP contribution in [0.25, 0.3) is 15.5 Å². The highest BCUT2D eigenvalue weighted by atomic mass is 32.1. The van der Waals surface area contributed by atoms with Crippen molar-refractivity contribution in [3.8, 4) is 10.6 Å². The van der Waals surface area contributed by atoms with Crippen LogP contribution in [-0.4, -0.2) is 14.6 Å². The smallest absolute Gasteiger partial charge is 0.212 e. The molecule has 0 fully saturated rings. The zero-order valence-corrected chi connectivity index (χ0v) is 11.4. The van der Waals surface area contributed by atoms with Gasteiger partial charge in [0.15, 0.2) is 0 Å². The minimum absolute atomic E-state index is 0.975. The van der Waals surface area contributed by atoms with Crippen LogP contribution < -0.4 is 0 Å². The summed E-state index contributed by atoms with van der Waals surface area (Å²) in [5, 5.41) is 5.62. The predicted octanol–water partition coefficient (Wildman–Crippen LogP) is 3.64. The van der Waals surface area contributed by atoms with Crippen LogP contribution in [0.5, 0.6) is 0 Å². The van der Waals surface area contributed by atoms with Crippen molar-refractivity contribution < 1.29 is 0 Å². The van der Waals surface area contributed by atoms with E-state index in [9.17, 15) is 0 Å². The Bertz CT molecular complexity index is 616. The largest absolute Gasteiger partial charge is 0.217 e. The molecule has 0 aliphatic heterocycles. The first kappa shape index (κ1) is 10.9. The maximum atomic E-state index is 4.63. The molecule has 5 heteroatoms. The Balaban J connectivity index is 2.02. The van der Waals surface area contributed by atoms with E-state index in [0.29, 0.717) is 0 Å². The molecular formula is C12H13N3S2. The quantitative estimate of drug-likeness (QED) is 0.722. The number of rotatable bonds is 3. The van der Waals surface area contributed by atoms with Crippen molar-refractivity contribution in [1.82, 2.24) is 14.6 Å². The summed E-state index contributed by atoms with van der Waals surface area (Å²) in [6.45, 7) is 4.29. The lowest BCUT2D eigenvalue weighted by atomic mass is 10.3. The fourth-order valence-electron chi connectivity index (χ4n) is 1.71. The Morgan fingerprint density at radius 1 is 1.18 bits per heavy atom. The van der Waals surface area contributed by atoms with E-state index in [1.807, 2.05) is 22.0 Å². The van der Waals surface area contributed by atoms with Gasteiger partial charge in [0, 0.05) is 4.88 Å². The third kappa shape index (κ3) is 1.89. The van der Waals surface area contributed by atoms with Crippen LogP contribution in [0.15, 0.2) is 18.3 Å². The predicted molar refractivity (Wildman–Crippen MR) is 72.9 cm³/mol.